The molecule has 228 valence electrons. The molecule has 3 aromatic heterocycles. The Kier molecular flexibility index (Phi) is 5.38. The molecule has 0 aliphatic rings. The minimum atomic E-state index is 0.812. The first-order chi connectivity index (χ1) is 24.3. The Balaban J connectivity index is 1.30. The molecule has 11 rings (SSSR count). The van der Waals surface area contributed by atoms with Crippen molar-refractivity contribution in [2.75, 3.05) is 0 Å². The minimum Gasteiger partial charge on any atom is -0.455 e. The van der Waals surface area contributed by atoms with E-state index in [4.69, 9.17) is 13.3 Å². The minimum absolute atomic E-state index is 0.812. The van der Waals surface area contributed by atoms with Crippen LogP contribution in [0.25, 0.3) is 110 Å². The van der Waals surface area contributed by atoms with Gasteiger partial charge in [0.15, 0.2) is 0 Å². The second-order valence-electron chi connectivity index (χ2n) is 12.7. The molecular formula is C46H26O3. The molecule has 0 aliphatic carbocycles. The molecule has 3 heteroatoms. The predicted molar refractivity (Wildman–Crippen MR) is 202 cm³/mol. The van der Waals surface area contributed by atoms with Crippen molar-refractivity contribution >= 4 is 76.4 Å². The zero-order valence-corrected chi connectivity index (χ0v) is 26.2. The molecule has 3 nitrogen and oxygen atoms in total. The average molecular weight is 627 g/mol. The van der Waals surface area contributed by atoms with E-state index in [1.165, 1.54) is 0 Å². The summed E-state index contributed by atoms with van der Waals surface area (Å²) in [6.45, 7) is 0. The first-order valence-electron chi connectivity index (χ1n) is 16.6. The summed E-state index contributed by atoms with van der Waals surface area (Å²) < 4.78 is 20.0. The van der Waals surface area contributed by atoms with Gasteiger partial charge < -0.3 is 13.3 Å². The summed E-state index contributed by atoms with van der Waals surface area (Å²) in [6.07, 6.45) is 0. The molecule has 8 aromatic carbocycles. The van der Waals surface area contributed by atoms with E-state index < -0.39 is 0 Å². The van der Waals surface area contributed by atoms with Crippen LogP contribution in [0, 0.1) is 0 Å². The number of hydrogen-bond acceptors (Lipinski definition) is 3. The standard InChI is InChI=1S/C46H26O3/c1-2-13-27(14-3-1)41-26-38-45-36(29-16-9-11-24-40(29)48-45)25-37(46(38)49-41)43-32-19-6-4-17-30(32)42(31-18-5-7-20-33(31)43)35-22-12-21-34-28-15-8-10-23-39(28)47-44(34)35/h1-26H. The summed E-state index contributed by atoms with van der Waals surface area (Å²) in [5, 5.41) is 9.98. The Morgan fingerprint density at radius 3 is 1.43 bits per heavy atom. The predicted octanol–water partition coefficient (Wildman–Crippen LogP) is 13.5. The lowest BCUT2D eigenvalue weighted by atomic mass is 9.85. The fourth-order valence-electron chi connectivity index (χ4n) is 7.96. The normalized spacial score (nSPS) is 12.1. The van der Waals surface area contributed by atoms with Crippen LogP contribution in [0.5, 0.6) is 0 Å². The number of benzene rings is 8. The van der Waals surface area contributed by atoms with Crippen molar-refractivity contribution < 1.29 is 13.3 Å². The molecule has 11 aromatic rings. The van der Waals surface area contributed by atoms with E-state index in [0.29, 0.717) is 0 Å². The number of para-hydroxylation sites is 3. The molecule has 0 N–H and O–H groups in total. The topological polar surface area (TPSA) is 39.4 Å². The van der Waals surface area contributed by atoms with Crippen molar-refractivity contribution in [2.45, 2.75) is 0 Å². The first kappa shape index (κ1) is 26.5. The highest BCUT2D eigenvalue weighted by Gasteiger charge is 2.24. The van der Waals surface area contributed by atoms with Gasteiger partial charge in [-0.1, -0.05) is 133 Å². The molecule has 0 radical (unpaired) electrons. The van der Waals surface area contributed by atoms with Crippen LogP contribution in [-0.4, -0.2) is 0 Å². The van der Waals surface area contributed by atoms with E-state index in [0.717, 1.165) is 110 Å². The Morgan fingerprint density at radius 2 is 0.776 bits per heavy atom. The fourth-order valence-corrected chi connectivity index (χ4v) is 7.96. The largest absolute Gasteiger partial charge is 0.455 e. The van der Waals surface area contributed by atoms with Crippen LogP contribution in [-0.2, 0) is 0 Å². The number of hydrogen-bond donors (Lipinski definition) is 0. The molecule has 3 heterocycles. The number of furan rings is 3. The number of fused-ring (bicyclic) bond motifs is 10. The van der Waals surface area contributed by atoms with Gasteiger partial charge in [0.1, 0.15) is 33.7 Å². The van der Waals surface area contributed by atoms with Gasteiger partial charge in [-0.05, 0) is 45.8 Å². The Labute approximate surface area is 280 Å². The molecule has 0 fully saturated rings. The maximum atomic E-state index is 6.87. The lowest BCUT2D eigenvalue weighted by molar-refractivity contribution is 0.632. The second-order valence-corrected chi connectivity index (χ2v) is 12.7. The Bertz CT molecular complexity index is 3040. The van der Waals surface area contributed by atoms with Crippen molar-refractivity contribution in [1.29, 1.82) is 0 Å². The summed E-state index contributed by atoms with van der Waals surface area (Å²) in [7, 11) is 0. The molecule has 0 spiro atoms. The second kappa shape index (κ2) is 9.96. The van der Waals surface area contributed by atoms with Crippen molar-refractivity contribution in [3.63, 3.8) is 0 Å². The summed E-state index contributed by atoms with van der Waals surface area (Å²) in [6, 6.07) is 55.3. The fraction of sp³-hybridized carbons (Fsp3) is 0. The van der Waals surface area contributed by atoms with Crippen molar-refractivity contribution in [1.82, 2.24) is 0 Å². The van der Waals surface area contributed by atoms with Gasteiger partial charge in [-0.15, -0.1) is 0 Å². The van der Waals surface area contributed by atoms with Gasteiger partial charge in [0.05, 0.1) is 5.39 Å². The van der Waals surface area contributed by atoms with Crippen LogP contribution in [0.1, 0.15) is 0 Å². The third-order valence-electron chi connectivity index (χ3n) is 10.1. The third-order valence-corrected chi connectivity index (χ3v) is 10.1. The zero-order chi connectivity index (χ0) is 32.1. The lowest BCUT2D eigenvalue weighted by Gasteiger charge is -2.18. The quantitative estimate of drug-likeness (QED) is 0.183. The summed E-state index contributed by atoms with van der Waals surface area (Å²) >= 11 is 0. The van der Waals surface area contributed by atoms with Crippen LogP contribution in [0.15, 0.2) is 171 Å². The SMILES string of the molecule is c1ccc(-c2cc3c(o2)c(-c2c4ccccc4c(-c4cccc5c4oc4ccccc45)c4ccccc24)cc2c4ccccc4oc32)cc1. The van der Waals surface area contributed by atoms with E-state index in [1.54, 1.807) is 0 Å². The van der Waals surface area contributed by atoms with E-state index in [-0.39, 0.29) is 0 Å². The average Bonchev–Trinajstić information content (AvgIpc) is 3.88. The highest BCUT2D eigenvalue weighted by Crippen LogP contribution is 2.50. The van der Waals surface area contributed by atoms with Gasteiger partial charge in [-0.25, -0.2) is 0 Å². The Hall–Kier alpha value is -6.58. The molecule has 0 unspecified atom stereocenters. The van der Waals surface area contributed by atoms with Gasteiger partial charge in [-0.2, -0.15) is 0 Å². The zero-order valence-electron chi connectivity index (χ0n) is 26.2. The molecule has 0 aliphatic heterocycles. The molecule has 49 heavy (non-hydrogen) atoms. The summed E-state index contributed by atoms with van der Waals surface area (Å²) in [4.78, 5) is 0. The smallest absolute Gasteiger partial charge is 0.146 e. The first-order valence-corrected chi connectivity index (χ1v) is 16.6. The summed E-state index contributed by atoms with van der Waals surface area (Å²) in [5.74, 6) is 0.812. The highest BCUT2D eigenvalue weighted by molar-refractivity contribution is 6.28. The van der Waals surface area contributed by atoms with E-state index >= 15 is 0 Å². The maximum Gasteiger partial charge on any atom is 0.146 e. The molecule has 0 bridgehead atoms. The van der Waals surface area contributed by atoms with Gasteiger partial charge in [0.25, 0.3) is 0 Å². The van der Waals surface area contributed by atoms with Gasteiger partial charge in [-0.3, -0.25) is 0 Å². The Morgan fingerprint density at radius 1 is 0.286 bits per heavy atom. The van der Waals surface area contributed by atoms with Crippen LogP contribution < -0.4 is 0 Å². The molecular weight excluding hydrogens is 601 g/mol. The highest BCUT2D eigenvalue weighted by atomic mass is 16.3. The van der Waals surface area contributed by atoms with Crippen molar-refractivity contribution in [3.05, 3.63) is 158 Å². The van der Waals surface area contributed by atoms with Gasteiger partial charge in [0, 0.05) is 49.4 Å². The maximum absolute atomic E-state index is 6.87. The van der Waals surface area contributed by atoms with E-state index in [9.17, 15) is 0 Å². The van der Waals surface area contributed by atoms with Crippen LogP contribution >= 0.6 is 0 Å². The molecule has 0 saturated heterocycles. The lowest BCUT2D eigenvalue weighted by Crippen LogP contribution is -1.91. The van der Waals surface area contributed by atoms with E-state index in [1.807, 2.05) is 42.5 Å². The van der Waals surface area contributed by atoms with Crippen LogP contribution in [0.2, 0.25) is 0 Å². The summed E-state index contributed by atoms with van der Waals surface area (Å²) in [5.41, 5.74) is 9.76. The molecule has 0 atom stereocenters. The van der Waals surface area contributed by atoms with Gasteiger partial charge >= 0.3 is 0 Å². The van der Waals surface area contributed by atoms with Crippen molar-refractivity contribution in [2.24, 2.45) is 0 Å². The monoisotopic (exact) mass is 626 g/mol. The molecule has 0 amide bonds. The third kappa shape index (κ3) is 3.73. The number of rotatable bonds is 3. The van der Waals surface area contributed by atoms with Gasteiger partial charge in [0.2, 0.25) is 0 Å². The van der Waals surface area contributed by atoms with Crippen LogP contribution in [0.3, 0.4) is 0 Å². The molecule has 0 saturated carbocycles. The van der Waals surface area contributed by atoms with E-state index in [2.05, 4.69) is 115 Å². The van der Waals surface area contributed by atoms with Crippen LogP contribution in [0.4, 0.5) is 0 Å². The van der Waals surface area contributed by atoms with Crippen molar-refractivity contribution in [3.8, 4) is 33.6 Å².